The van der Waals surface area contributed by atoms with Crippen LogP contribution in [-0.4, -0.2) is 38.6 Å². The molecule has 2 heterocycles. The number of fused-ring (bicyclic) bond motifs is 1. The zero-order chi connectivity index (χ0) is 15.2. The Morgan fingerprint density at radius 2 is 1.76 bits per heavy atom. The summed E-state index contributed by atoms with van der Waals surface area (Å²) in [5.41, 5.74) is 3.57. The largest absolute Gasteiger partial charge is 0.387 e. The Bertz CT molecular complexity index is 515. The average molecular weight is 289 g/mol. The highest BCUT2D eigenvalue weighted by molar-refractivity contribution is 5.36. The third-order valence-corrected chi connectivity index (χ3v) is 5.16. The molecule has 1 saturated heterocycles. The van der Waals surface area contributed by atoms with Gasteiger partial charge in [0.1, 0.15) is 6.33 Å². The van der Waals surface area contributed by atoms with Gasteiger partial charge in [-0.05, 0) is 59.0 Å². The first kappa shape index (κ1) is 14.9. The van der Waals surface area contributed by atoms with E-state index in [4.69, 9.17) is 0 Å². The maximum absolute atomic E-state index is 10.1. The fourth-order valence-electron chi connectivity index (χ4n) is 3.91. The van der Waals surface area contributed by atoms with Crippen LogP contribution in [0.15, 0.2) is 6.33 Å². The molecule has 4 heteroatoms. The molecule has 0 radical (unpaired) electrons. The number of hydrogen-bond donors (Lipinski definition) is 1. The van der Waals surface area contributed by atoms with E-state index >= 15 is 0 Å². The van der Waals surface area contributed by atoms with Crippen LogP contribution >= 0.6 is 0 Å². The molecule has 0 spiro atoms. The van der Waals surface area contributed by atoms with Gasteiger partial charge in [0.05, 0.1) is 17.5 Å². The van der Waals surface area contributed by atoms with Crippen LogP contribution < -0.4 is 0 Å². The van der Waals surface area contributed by atoms with Gasteiger partial charge in [-0.1, -0.05) is 6.92 Å². The minimum Gasteiger partial charge on any atom is -0.387 e. The number of likely N-dealkylation sites (tertiary alicyclic amines) is 1. The smallest absolute Gasteiger partial charge is 0.116 e. The van der Waals surface area contributed by atoms with E-state index in [9.17, 15) is 5.11 Å². The summed E-state index contributed by atoms with van der Waals surface area (Å²) in [7, 11) is 0. The number of aliphatic hydroxyl groups excluding tert-OH is 1. The van der Waals surface area contributed by atoms with Crippen molar-refractivity contribution >= 4 is 0 Å². The lowest BCUT2D eigenvalue weighted by atomic mass is 9.86. The Balaban J connectivity index is 1.81. The van der Waals surface area contributed by atoms with Gasteiger partial charge < -0.3 is 5.11 Å². The Hall–Kier alpha value is -1.00. The number of piperidine rings is 1. The molecule has 4 nitrogen and oxygen atoms in total. The van der Waals surface area contributed by atoms with Crippen LogP contribution in [0.5, 0.6) is 0 Å². The minimum absolute atomic E-state index is 0.252. The predicted octanol–water partition coefficient (Wildman–Crippen LogP) is 3.00. The van der Waals surface area contributed by atoms with Crippen molar-refractivity contribution < 1.29 is 5.11 Å². The molecule has 3 rings (SSSR count). The summed E-state index contributed by atoms with van der Waals surface area (Å²) in [4.78, 5) is 11.5. The lowest BCUT2D eigenvalue weighted by Gasteiger charge is -2.41. The first-order chi connectivity index (χ1) is 9.88. The molecule has 21 heavy (non-hydrogen) atoms. The summed E-state index contributed by atoms with van der Waals surface area (Å²) < 4.78 is 0. The SMILES string of the molecule is C[C@@H]1C[C@@H](O)c2ncnc(C3CCN(C(C)(C)C)CC3)c21. The fourth-order valence-corrected chi connectivity index (χ4v) is 3.91. The lowest BCUT2D eigenvalue weighted by molar-refractivity contribution is 0.101. The Morgan fingerprint density at radius 3 is 2.38 bits per heavy atom. The molecule has 1 fully saturated rings. The molecule has 1 aromatic heterocycles. The molecular weight excluding hydrogens is 262 g/mol. The van der Waals surface area contributed by atoms with Crippen molar-refractivity contribution in [2.75, 3.05) is 13.1 Å². The normalized spacial score (nSPS) is 27.9. The Labute approximate surface area is 127 Å². The van der Waals surface area contributed by atoms with Gasteiger partial charge in [0.15, 0.2) is 0 Å². The summed E-state index contributed by atoms with van der Waals surface area (Å²) in [6.07, 6.45) is 4.35. The van der Waals surface area contributed by atoms with E-state index < -0.39 is 6.10 Å². The van der Waals surface area contributed by atoms with Gasteiger partial charge in [-0.2, -0.15) is 0 Å². The van der Waals surface area contributed by atoms with Crippen LogP contribution in [0.3, 0.4) is 0 Å². The molecular formula is C17H27N3O. The van der Waals surface area contributed by atoms with Crippen molar-refractivity contribution in [2.24, 2.45) is 0 Å². The molecule has 0 unspecified atom stereocenters. The van der Waals surface area contributed by atoms with E-state index in [1.807, 2.05) is 0 Å². The predicted molar refractivity (Wildman–Crippen MR) is 83.3 cm³/mol. The summed E-state index contributed by atoms with van der Waals surface area (Å²) in [6, 6.07) is 0. The van der Waals surface area contributed by atoms with E-state index in [-0.39, 0.29) is 5.54 Å². The highest BCUT2D eigenvalue weighted by atomic mass is 16.3. The van der Waals surface area contributed by atoms with Crippen LogP contribution in [-0.2, 0) is 0 Å². The number of rotatable bonds is 1. The second-order valence-electron chi connectivity index (χ2n) is 7.64. The van der Waals surface area contributed by atoms with Crippen molar-refractivity contribution in [3.8, 4) is 0 Å². The van der Waals surface area contributed by atoms with Gasteiger partial charge in [0, 0.05) is 17.0 Å². The molecule has 1 N–H and O–H groups in total. The van der Waals surface area contributed by atoms with Crippen LogP contribution in [0.25, 0.3) is 0 Å². The van der Waals surface area contributed by atoms with E-state index in [1.165, 1.54) is 11.3 Å². The second kappa shape index (κ2) is 5.33. The summed E-state index contributed by atoms with van der Waals surface area (Å²) in [5.74, 6) is 0.903. The Kier molecular flexibility index (Phi) is 3.78. The summed E-state index contributed by atoms with van der Waals surface area (Å²) in [6.45, 7) is 11.3. The molecule has 1 aliphatic carbocycles. The van der Waals surface area contributed by atoms with E-state index in [0.29, 0.717) is 11.8 Å². The number of hydrogen-bond acceptors (Lipinski definition) is 4. The van der Waals surface area contributed by atoms with E-state index in [0.717, 1.165) is 38.0 Å². The maximum atomic E-state index is 10.1. The standard InChI is InChI=1S/C17H27N3O/c1-11-9-13(21)16-14(11)15(18-10-19-16)12-5-7-20(8-6-12)17(2,3)4/h10-13,21H,5-9H2,1-4H3/t11-,13-/m1/s1. The molecule has 0 bridgehead atoms. The van der Waals surface area contributed by atoms with Crippen LogP contribution in [0.2, 0.25) is 0 Å². The number of nitrogens with zero attached hydrogens (tertiary/aromatic N) is 3. The van der Waals surface area contributed by atoms with Crippen LogP contribution in [0, 0.1) is 0 Å². The molecule has 0 aromatic carbocycles. The molecule has 1 aliphatic heterocycles. The van der Waals surface area contributed by atoms with E-state index in [2.05, 4.69) is 42.6 Å². The van der Waals surface area contributed by atoms with Crippen molar-refractivity contribution in [1.29, 1.82) is 0 Å². The van der Waals surface area contributed by atoms with Gasteiger partial charge >= 0.3 is 0 Å². The molecule has 0 saturated carbocycles. The van der Waals surface area contributed by atoms with Crippen molar-refractivity contribution in [3.63, 3.8) is 0 Å². The average Bonchev–Trinajstić information content (AvgIpc) is 2.73. The van der Waals surface area contributed by atoms with Gasteiger partial charge in [0.25, 0.3) is 0 Å². The van der Waals surface area contributed by atoms with Gasteiger partial charge in [-0.25, -0.2) is 9.97 Å². The zero-order valence-corrected chi connectivity index (χ0v) is 13.6. The molecule has 0 amide bonds. The highest BCUT2D eigenvalue weighted by Crippen LogP contribution is 2.43. The minimum atomic E-state index is -0.397. The van der Waals surface area contributed by atoms with E-state index in [1.54, 1.807) is 6.33 Å². The van der Waals surface area contributed by atoms with Crippen molar-refractivity contribution in [1.82, 2.24) is 14.9 Å². The molecule has 2 atom stereocenters. The maximum Gasteiger partial charge on any atom is 0.116 e. The van der Waals surface area contributed by atoms with Crippen LogP contribution in [0.1, 0.15) is 81.8 Å². The Morgan fingerprint density at radius 1 is 1.14 bits per heavy atom. The third-order valence-electron chi connectivity index (χ3n) is 5.16. The third kappa shape index (κ3) is 2.71. The first-order valence-corrected chi connectivity index (χ1v) is 8.15. The number of aliphatic hydroxyl groups is 1. The monoisotopic (exact) mass is 289 g/mol. The molecule has 1 aromatic rings. The topological polar surface area (TPSA) is 49.3 Å². The second-order valence-corrected chi connectivity index (χ2v) is 7.64. The lowest BCUT2D eigenvalue weighted by Crippen LogP contribution is -2.45. The first-order valence-electron chi connectivity index (χ1n) is 8.15. The van der Waals surface area contributed by atoms with Crippen LogP contribution in [0.4, 0.5) is 0 Å². The summed E-state index contributed by atoms with van der Waals surface area (Å²) >= 11 is 0. The van der Waals surface area contributed by atoms with Crippen molar-refractivity contribution in [3.05, 3.63) is 23.3 Å². The summed E-state index contributed by atoms with van der Waals surface area (Å²) in [5, 5.41) is 10.1. The molecule has 2 aliphatic rings. The van der Waals surface area contributed by atoms with Gasteiger partial charge in [0.2, 0.25) is 0 Å². The van der Waals surface area contributed by atoms with Gasteiger partial charge in [-0.3, -0.25) is 4.90 Å². The zero-order valence-electron chi connectivity index (χ0n) is 13.6. The highest BCUT2D eigenvalue weighted by Gasteiger charge is 2.35. The fraction of sp³-hybridized carbons (Fsp3) is 0.765. The van der Waals surface area contributed by atoms with Gasteiger partial charge in [-0.15, -0.1) is 0 Å². The quantitative estimate of drug-likeness (QED) is 0.863. The van der Waals surface area contributed by atoms with Crippen molar-refractivity contribution in [2.45, 2.75) is 70.4 Å². The molecule has 116 valence electrons. The number of aromatic nitrogens is 2.